The molecular formula is C23H28N4O3. The second-order valence-electron chi connectivity index (χ2n) is 7.48. The second kappa shape index (κ2) is 10.4. The minimum atomic E-state index is -0.339. The molecule has 1 aliphatic heterocycles. The number of nitrogens with zero attached hydrogens (tertiary/aromatic N) is 1. The van der Waals surface area contributed by atoms with Gasteiger partial charge in [0.25, 0.3) is 0 Å². The van der Waals surface area contributed by atoms with Crippen LogP contribution in [0.5, 0.6) is 0 Å². The number of fused-ring (bicyclic) bond motifs is 1. The molecule has 7 nitrogen and oxygen atoms in total. The normalized spacial score (nSPS) is 13.8. The number of rotatable bonds is 8. The monoisotopic (exact) mass is 408 g/mol. The Morgan fingerprint density at radius 2 is 1.83 bits per heavy atom. The second-order valence-corrected chi connectivity index (χ2v) is 7.48. The lowest BCUT2D eigenvalue weighted by Gasteiger charge is -2.29. The Balaban J connectivity index is 1.36. The van der Waals surface area contributed by atoms with Crippen LogP contribution in [0.2, 0.25) is 0 Å². The summed E-state index contributed by atoms with van der Waals surface area (Å²) in [4.78, 5) is 37.9. The average molecular weight is 409 g/mol. The van der Waals surface area contributed by atoms with Gasteiger partial charge in [0.15, 0.2) is 0 Å². The molecule has 4 amide bonds. The number of para-hydroxylation sites is 2. The molecule has 1 aliphatic rings. The molecule has 0 unspecified atom stereocenters. The Labute approximate surface area is 176 Å². The summed E-state index contributed by atoms with van der Waals surface area (Å²) < 4.78 is 0. The van der Waals surface area contributed by atoms with Crippen LogP contribution < -0.4 is 20.9 Å². The lowest BCUT2D eigenvalue weighted by atomic mass is 10.1. The molecule has 0 aliphatic carbocycles. The maximum atomic E-state index is 12.5. The van der Waals surface area contributed by atoms with Crippen molar-refractivity contribution in [3.8, 4) is 0 Å². The van der Waals surface area contributed by atoms with Gasteiger partial charge in [-0.05, 0) is 43.9 Å². The predicted octanol–water partition coefficient (Wildman–Crippen LogP) is 3.07. The SMILES string of the molecule is C[C@@H](CCc1ccccc1)NC(=O)CCCNC(=O)N1CC(=O)Nc2ccccc21. The molecule has 0 fully saturated rings. The average Bonchev–Trinajstić information content (AvgIpc) is 2.75. The third kappa shape index (κ3) is 6.07. The topological polar surface area (TPSA) is 90.5 Å². The fraction of sp³-hybridized carbons (Fsp3) is 0.348. The van der Waals surface area contributed by atoms with E-state index in [1.807, 2.05) is 31.2 Å². The molecule has 2 aromatic carbocycles. The van der Waals surface area contributed by atoms with Crippen molar-refractivity contribution in [2.24, 2.45) is 0 Å². The maximum absolute atomic E-state index is 12.5. The van der Waals surface area contributed by atoms with Gasteiger partial charge in [0.1, 0.15) is 6.54 Å². The molecule has 7 heteroatoms. The van der Waals surface area contributed by atoms with Gasteiger partial charge in [-0.2, -0.15) is 0 Å². The number of carbonyl (C=O) groups excluding carboxylic acids is 3. The van der Waals surface area contributed by atoms with Gasteiger partial charge in [-0.3, -0.25) is 14.5 Å². The van der Waals surface area contributed by atoms with Crippen LogP contribution in [0, 0.1) is 0 Å². The highest BCUT2D eigenvalue weighted by molar-refractivity contribution is 6.09. The van der Waals surface area contributed by atoms with Gasteiger partial charge in [-0.25, -0.2) is 4.79 Å². The van der Waals surface area contributed by atoms with Crippen molar-refractivity contribution in [2.45, 2.75) is 38.6 Å². The highest BCUT2D eigenvalue weighted by Crippen LogP contribution is 2.28. The molecule has 1 atom stereocenters. The summed E-state index contributed by atoms with van der Waals surface area (Å²) in [5, 5.41) is 8.55. The van der Waals surface area contributed by atoms with Gasteiger partial charge in [0.2, 0.25) is 11.8 Å². The van der Waals surface area contributed by atoms with Crippen molar-refractivity contribution in [1.29, 1.82) is 0 Å². The van der Waals surface area contributed by atoms with Crippen molar-refractivity contribution in [1.82, 2.24) is 10.6 Å². The molecule has 30 heavy (non-hydrogen) atoms. The van der Waals surface area contributed by atoms with Crippen molar-refractivity contribution >= 4 is 29.2 Å². The highest BCUT2D eigenvalue weighted by Gasteiger charge is 2.26. The fourth-order valence-electron chi connectivity index (χ4n) is 3.40. The van der Waals surface area contributed by atoms with Crippen molar-refractivity contribution in [3.63, 3.8) is 0 Å². The quantitative estimate of drug-likeness (QED) is 0.587. The Morgan fingerprint density at radius 1 is 1.10 bits per heavy atom. The minimum Gasteiger partial charge on any atom is -0.354 e. The summed E-state index contributed by atoms with van der Waals surface area (Å²) >= 11 is 0. The summed E-state index contributed by atoms with van der Waals surface area (Å²) in [6.07, 6.45) is 2.67. The van der Waals surface area contributed by atoms with Crippen molar-refractivity contribution < 1.29 is 14.4 Å². The molecule has 3 rings (SSSR count). The minimum absolute atomic E-state index is 0.0208. The van der Waals surface area contributed by atoms with E-state index >= 15 is 0 Å². The lowest BCUT2D eigenvalue weighted by molar-refractivity contribution is -0.121. The number of hydrogen-bond donors (Lipinski definition) is 3. The van der Waals surface area contributed by atoms with Crippen LogP contribution in [0.1, 0.15) is 31.7 Å². The number of urea groups is 1. The van der Waals surface area contributed by atoms with E-state index in [9.17, 15) is 14.4 Å². The molecule has 2 aromatic rings. The van der Waals surface area contributed by atoms with E-state index in [0.29, 0.717) is 30.8 Å². The molecule has 0 radical (unpaired) electrons. The van der Waals surface area contributed by atoms with E-state index in [4.69, 9.17) is 0 Å². The molecule has 0 spiro atoms. The zero-order chi connectivity index (χ0) is 21.3. The Bertz CT molecular complexity index is 885. The predicted molar refractivity (Wildman–Crippen MR) is 117 cm³/mol. The van der Waals surface area contributed by atoms with E-state index in [-0.39, 0.29) is 30.4 Å². The number of benzene rings is 2. The molecule has 0 saturated carbocycles. The van der Waals surface area contributed by atoms with Crippen LogP contribution in [0.4, 0.5) is 16.2 Å². The first-order valence-corrected chi connectivity index (χ1v) is 10.3. The summed E-state index contributed by atoms with van der Waals surface area (Å²) in [6.45, 7) is 2.34. The smallest absolute Gasteiger partial charge is 0.322 e. The Kier molecular flexibility index (Phi) is 7.43. The number of anilines is 2. The number of carbonyl (C=O) groups is 3. The third-order valence-electron chi connectivity index (χ3n) is 4.99. The molecular weight excluding hydrogens is 380 g/mol. The molecule has 3 N–H and O–H groups in total. The summed E-state index contributed by atoms with van der Waals surface area (Å²) in [6, 6.07) is 17.1. The van der Waals surface area contributed by atoms with E-state index in [1.54, 1.807) is 18.2 Å². The van der Waals surface area contributed by atoms with Crippen molar-refractivity contribution in [3.05, 3.63) is 60.2 Å². The lowest BCUT2D eigenvalue weighted by Crippen LogP contribution is -2.47. The summed E-state index contributed by atoms with van der Waals surface area (Å²) in [7, 11) is 0. The van der Waals surface area contributed by atoms with E-state index in [2.05, 4.69) is 28.1 Å². The van der Waals surface area contributed by atoms with Crippen LogP contribution in [0.25, 0.3) is 0 Å². The maximum Gasteiger partial charge on any atom is 0.322 e. The van der Waals surface area contributed by atoms with Gasteiger partial charge in [0.05, 0.1) is 11.4 Å². The first-order chi connectivity index (χ1) is 14.5. The van der Waals surface area contributed by atoms with Gasteiger partial charge in [0, 0.05) is 19.0 Å². The van der Waals surface area contributed by atoms with E-state index < -0.39 is 0 Å². The van der Waals surface area contributed by atoms with Crippen LogP contribution in [-0.4, -0.2) is 37.0 Å². The largest absolute Gasteiger partial charge is 0.354 e. The molecule has 0 aromatic heterocycles. The highest BCUT2D eigenvalue weighted by atomic mass is 16.2. The summed E-state index contributed by atoms with van der Waals surface area (Å²) in [5.41, 5.74) is 2.54. The molecule has 1 heterocycles. The van der Waals surface area contributed by atoms with Crippen LogP contribution in [-0.2, 0) is 16.0 Å². The zero-order valence-corrected chi connectivity index (χ0v) is 17.2. The molecule has 0 bridgehead atoms. The first kappa shape index (κ1) is 21.4. The number of hydrogen-bond acceptors (Lipinski definition) is 3. The standard InChI is InChI=1S/C23H28N4O3/c1-17(13-14-18-8-3-2-4-9-18)25-21(28)12-7-15-24-23(30)27-16-22(29)26-19-10-5-6-11-20(19)27/h2-6,8-11,17H,7,12-16H2,1H3,(H,24,30)(H,25,28)(H,26,29)/t17-/m0/s1. The van der Waals surface area contributed by atoms with Gasteiger partial charge in [-0.15, -0.1) is 0 Å². The van der Waals surface area contributed by atoms with Crippen LogP contribution >= 0.6 is 0 Å². The van der Waals surface area contributed by atoms with E-state index in [0.717, 1.165) is 12.8 Å². The Morgan fingerprint density at radius 3 is 2.63 bits per heavy atom. The summed E-state index contributed by atoms with van der Waals surface area (Å²) in [5.74, 6) is -0.250. The third-order valence-corrected chi connectivity index (χ3v) is 4.99. The van der Waals surface area contributed by atoms with Crippen molar-refractivity contribution in [2.75, 3.05) is 23.3 Å². The Hall–Kier alpha value is -3.35. The van der Waals surface area contributed by atoms with E-state index in [1.165, 1.54) is 10.5 Å². The van der Waals surface area contributed by atoms with Crippen LogP contribution in [0.3, 0.4) is 0 Å². The number of nitrogens with one attached hydrogen (secondary N) is 3. The van der Waals surface area contributed by atoms with Crippen LogP contribution in [0.15, 0.2) is 54.6 Å². The fourth-order valence-corrected chi connectivity index (χ4v) is 3.40. The molecule has 158 valence electrons. The van der Waals surface area contributed by atoms with Gasteiger partial charge >= 0.3 is 6.03 Å². The van der Waals surface area contributed by atoms with Gasteiger partial charge in [-0.1, -0.05) is 42.5 Å². The molecule has 0 saturated heterocycles. The first-order valence-electron chi connectivity index (χ1n) is 10.3. The van der Waals surface area contributed by atoms with Gasteiger partial charge < -0.3 is 16.0 Å². The number of amides is 4. The number of aryl methyl sites for hydroxylation is 1. The zero-order valence-electron chi connectivity index (χ0n) is 17.2.